The van der Waals surface area contributed by atoms with E-state index in [1.54, 1.807) is 0 Å². The van der Waals surface area contributed by atoms with Gasteiger partial charge in [0.2, 0.25) is 16.9 Å². The van der Waals surface area contributed by atoms with E-state index in [0.29, 0.717) is 5.13 Å². The van der Waals surface area contributed by atoms with Crippen molar-refractivity contribution in [1.29, 1.82) is 0 Å². The summed E-state index contributed by atoms with van der Waals surface area (Å²) in [7, 11) is 0. The first-order valence-corrected chi connectivity index (χ1v) is 4.11. The van der Waals surface area contributed by atoms with Crippen molar-refractivity contribution in [2.24, 2.45) is 5.73 Å². The van der Waals surface area contributed by atoms with Crippen LogP contribution >= 0.6 is 11.3 Å². The predicted molar refractivity (Wildman–Crippen MR) is 46.9 cm³/mol. The molecule has 0 unspecified atom stereocenters. The minimum absolute atomic E-state index is 0.374. The maximum absolute atomic E-state index is 10.9. The summed E-state index contributed by atoms with van der Waals surface area (Å²) in [5.41, 5.74) is 6.26. The molecule has 6 nitrogen and oxygen atoms in total. The molecular weight excluding hydrogens is 192 g/mol. The first-order chi connectivity index (χ1) is 6.18. The van der Waals surface area contributed by atoms with E-state index in [-0.39, 0.29) is 0 Å². The number of carbonyl (C=O) groups is 2. The standard InChI is InChI=1S/C6H6N4O2S/c7-4(11)1-2-5(12)9-6-10-8-3-13-6/h1-3H,(H2,7,11)(H,9,10,12)/b2-1+. The van der Waals surface area contributed by atoms with E-state index in [2.05, 4.69) is 15.5 Å². The maximum Gasteiger partial charge on any atom is 0.250 e. The summed E-state index contributed by atoms with van der Waals surface area (Å²) in [6.07, 6.45) is 2.00. The average molecular weight is 198 g/mol. The second-order valence-corrected chi connectivity index (χ2v) is 2.80. The third-order valence-electron chi connectivity index (χ3n) is 0.989. The van der Waals surface area contributed by atoms with Crippen LogP contribution in [-0.2, 0) is 9.59 Å². The number of hydrogen-bond acceptors (Lipinski definition) is 5. The van der Waals surface area contributed by atoms with Crippen molar-refractivity contribution in [3.63, 3.8) is 0 Å². The molecule has 13 heavy (non-hydrogen) atoms. The minimum Gasteiger partial charge on any atom is -0.366 e. The first kappa shape index (κ1) is 9.33. The number of anilines is 1. The van der Waals surface area contributed by atoms with Crippen LogP contribution < -0.4 is 11.1 Å². The van der Waals surface area contributed by atoms with Gasteiger partial charge < -0.3 is 5.73 Å². The number of nitrogens with one attached hydrogen (secondary N) is 1. The van der Waals surface area contributed by atoms with E-state index >= 15 is 0 Å². The molecular formula is C6H6N4O2S. The highest BCUT2D eigenvalue weighted by atomic mass is 32.1. The van der Waals surface area contributed by atoms with Gasteiger partial charge in [-0.25, -0.2) is 0 Å². The van der Waals surface area contributed by atoms with Gasteiger partial charge in [-0.15, -0.1) is 10.2 Å². The van der Waals surface area contributed by atoms with Gasteiger partial charge in [0.25, 0.3) is 0 Å². The molecule has 1 rings (SSSR count). The van der Waals surface area contributed by atoms with Crippen molar-refractivity contribution in [3.8, 4) is 0 Å². The summed E-state index contributed by atoms with van der Waals surface area (Å²) in [5, 5.41) is 9.84. The van der Waals surface area contributed by atoms with Crippen LogP contribution in [0.25, 0.3) is 0 Å². The maximum atomic E-state index is 10.9. The number of nitrogens with zero attached hydrogens (tertiary/aromatic N) is 2. The SMILES string of the molecule is NC(=O)/C=C/C(=O)Nc1nncs1. The summed E-state index contributed by atoms with van der Waals surface area (Å²) in [5.74, 6) is -1.14. The van der Waals surface area contributed by atoms with E-state index in [1.807, 2.05) is 0 Å². The van der Waals surface area contributed by atoms with Gasteiger partial charge in [0.1, 0.15) is 5.51 Å². The molecule has 0 aliphatic heterocycles. The molecule has 0 radical (unpaired) electrons. The van der Waals surface area contributed by atoms with E-state index in [9.17, 15) is 9.59 Å². The number of carbonyl (C=O) groups excluding carboxylic acids is 2. The Kier molecular flexibility index (Phi) is 3.09. The van der Waals surface area contributed by atoms with Gasteiger partial charge in [-0.05, 0) is 0 Å². The van der Waals surface area contributed by atoms with Gasteiger partial charge in [-0.3, -0.25) is 14.9 Å². The molecule has 0 spiro atoms. The first-order valence-electron chi connectivity index (χ1n) is 3.23. The van der Waals surface area contributed by atoms with E-state index in [4.69, 9.17) is 5.73 Å². The van der Waals surface area contributed by atoms with Crippen molar-refractivity contribution in [2.75, 3.05) is 5.32 Å². The Morgan fingerprint density at radius 3 is 2.85 bits per heavy atom. The normalized spacial score (nSPS) is 10.2. The molecule has 0 aliphatic carbocycles. The Bertz CT molecular complexity index is 332. The Balaban J connectivity index is 2.47. The van der Waals surface area contributed by atoms with Crippen molar-refractivity contribution >= 4 is 28.3 Å². The Morgan fingerprint density at radius 1 is 1.54 bits per heavy atom. The lowest BCUT2D eigenvalue weighted by molar-refractivity contribution is -0.115. The quantitative estimate of drug-likeness (QED) is 0.641. The van der Waals surface area contributed by atoms with Crippen LogP contribution in [-0.4, -0.2) is 22.0 Å². The molecule has 0 saturated carbocycles. The van der Waals surface area contributed by atoms with Crippen LogP contribution in [0, 0.1) is 0 Å². The Labute approximate surface area is 77.5 Å². The highest BCUT2D eigenvalue weighted by molar-refractivity contribution is 7.13. The molecule has 0 bridgehead atoms. The molecule has 1 aromatic rings. The number of amides is 2. The van der Waals surface area contributed by atoms with E-state index in [1.165, 1.54) is 16.8 Å². The van der Waals surface area contributed by atoms with Crippen molar-refractivity contribution < 1.29 is 9.59 Å². The summed E-state index contributed by atoms with van der Waals surface area (Å²) in [6, 6.07) is 0. The van der Waals surface area contributed by atoms with Gasteiger partial charge in [0, 0.05) is 12.2 Å². The molecule has 0 atom stereocenters. The average Bonchev–Trinajstić information content (AvgIpc) is 2.53. The summed E-state index contributed by atoms with van der Waals surface area (Å²) in [6.45, 7) is 0. The molecule has 7 heteroatoms. The van der Waals surface area contributed by atoms with Crippen molar-refractivity contribution in [1.82, 2.24) is 10.2 Å². The number of rotatable bonds is 3. The fourth-order valence-corrected chi connectivity index (χ4v) is 0.980. The minimum atomic E-state index is -0.674. The zero-order valence-electron chi connectivity index (χ0n) is 6.43. The fraction of sp³-hybridized carbons (Fsp3) is 0. The monoisotopic (exact) mass is 198 g/mol. The Hall–Kier alpha value is -1.76. The van der Waals surface area contributed by atoms with Crippen LogP contribution in [0.15, 0.2) is 17.7 Å². The lowest BCUT2D eigenvalue weighted by atomic mass is 10.4. The van der Waals surface area contributed by atoms with Crippen LogP contribution in [0.5, 0.6) is 0 Å². The molecule has 0 aromatic carbocycles. The highest BCUT2D eigenvalue weighted by Gasteiger charge is 1.99. The van der Waals surface area contributed by atoms with Gasteiger partial charge in [0.15, 0.2) is 0 Å². The fourth-order valence-electron chi connectivity index (χ4n) is 0.532. The smallest absolute Gasteiger partial charge is 0.250 e. The van der Waals surface area contributed by atoms with Crippen LogP contribution in [0.1, 0.15) is 0 Å². The lowest BCUT2D eigenvalue weighted by Crippen LogP contribution is -2.11. The van der Waals surface area contributed by atoms with Gasteiger partial charge in [0.05, 0.1) is 0 Å². The second kappa shape index (κ2) is 4.31. The van der Waals surface area contributed by atoms with Crippen molar-refractivity contribution in [3.05, 3.63) is 17.7 Å². The topological polar surface area (TPSA) is 98.0 Å². The highest BCUT2D eigenvalue weighted by Crippen LogP contribution is 2.07. The largest absolute Gasteiger partial charge is 0.366 e. The number of primary amides is 1. The molecule has 2 amide bonds. The predicted octanol–water partition coefficient (Wildman–Crippen LogP) is -0.482. The van der Waals surface area contributed by atoms with Crippen LogP contribution in [0.2, 0.25) is 0 Å². The number of hydrogen-bond donors (Lipinski definition) is 2. The molecule has 0 saturated heterocycles. The second-order valence-electron chi connectivity index (χ2n) is 1.97. The number of aromatic nitrogens is 2. The molecule has 1 heterocycles. The summed E-state index contributed by atoms with van der Waals surface area (Å²) >= 11 is 1.18. The third kappa shape index (κ3) is 3.43. The zero-order chi connectivity index (χ0) is 9.68. The van der Waals surface area contributed by atoms with E-state index < -0.39 is 11.8 Å². The molecule has 1 aromatic heterocycles. The number of nitrogens with two attached hydrogens (primary N) is 1. The zero-order valence-corrected chi connectivity index (χ0v) is 7.25. The van der Waals surface area contributed by atoms with Gasteiger partial charge in [-0.1, -0.05) is 11.3 Å². The van der Waals surface area contributed by atoms with Crippen LogP contribution in [0.3, 0.4) is 0 Å². The molecule has 0 fully saturated rings. The summed E-state index contributed by atoms with van der Waals surface area (Å²) in [4.78, 5) is 21.2. The molecule has 0 aliphatic rings. The van der Waals surface area contributed by atoms with Gasteiger partial charge >= 0.3 is 0 Å². The Morgan fingerprint density at radius 2 is 2.31 bits per heavy atom. The van der Waals surface area contributed by atoms with Crippen LogP contribution in [0.4, 0.5) is 5.13 Å². The molecule has 68 valence electrons. The molecule has 3 N–H and O–H groups in total. The third-order valence-corrected chi connectivity index (χ3v) is 1.60. The van der Waals surface area contributed by atoms with Gasteiger partial charge in [-0.2, -0.15) is 0 Å². The lowest BCUT2D eigenvalue weighted by Gasteiger charge is -1.92. The summed E-state index contributed by atoms with van der Waals surface area (Å²) < 4.78 is 0. The van der Waals surface area contributed by atoms with E-state index in [0.717, 1.165) is 12.2 Å². The van der Waals surface area contributed by atoms with Crippen molar-refractivity contribution in [2.45, 2.75) is 0 Å².